The van der Waals surface area contributed by atoms with E-state index in [1.165, 1.54) is 4.31 Å². The van der Waals surface area contributed by atoms with E-state index >= 15 is 0 Å². The molecule has 0 spiro atoms. The number of nitrogens with one attached hydrogen (secondary N) is 1. The molecule has 0 aliphatic rings. The second-order valence-corrected chi connectivity index (χ2v) is 9.20. The van der Waals surface area contributed by atoms with Gasteiger partial charge in [-0.2, -0.15) is 0 Å². The highest BCUT2D eigenvalue weighted by molar-refractivity contribution is 7.92. The number of para-hydroxylation sites is 1. The van der Waals surface area contributed by atoms with Gasteiger partial charge in [-0.15, -0.1) is 0 Å². The summed E-state index contributed by atoms with van der Waals surface area (Å²) in [6.07, 6.45) is 1.15. The molecule has 0 heterocycles. The first kappa shape index (κ1) is 21.6. The molecule has 0 aliphatic heterocycles. The second kappa shape index (κ2) is 9.59. The van der Waals surface area contributed by atoms with Crippen LogP contribution in [0.3, 0.4) is 0 Å². The third kappa shape index (κ3) is 5.48. The van der Waals surface area contributed by atoms with Crippen molar-refractivity contribution < 1.29 is 13.2 Å². The molecule has 3 aromatic rings. The highest BCUT2D eigenvalue weighted by atomic mass is 32.2. The molecule has 0 bridgehead atoms. The van der Waals surface area contributed by atoms with Crippen LogP contribution in [0.1, 0.15) is 34.3 Å². The van der Waals surface area contributed by atoms with Gasteiger partial charge >= 0.3 is 0 Å². The molecule has 0 saturated carbocycles. The second-order valence-electron chi connectivity index (χ2n) is 7.29. The first-order chi connectivity index (χ1) is 14.4. The first-order valence-electron chi connectivity index (χ1n) is 9.80. The van der Waals surface area contributed by atoms with E-state index in [0.29, 0.717) is 17.8 Å². The summed E-state index contributed by atoms with van der Waals surface area (Å²) in [5.74, 6) is -0.160. The monoisotopic (exact) mass is 422 g/mol. The van der Waals surface area contributed by atoms with Crippen LogP contribution in [0.15, 0.2) is 84.9 Å². The van der Waals surface area contributed by atoms with E-state index in [2.05, 4.69) is 5.32 Å². The zero-order valence-corrected chi connectivity index (χ0v) is 18.0. The Labute approximate surface area is 178 Å². The summed E-state index contributed by atoms with van der Waals surface area (Å²) in [6.45, 7) is 2.65. The molecule has 1 N–H and O–H groups in total. The Balaban J connectivity index is 1.83. The molecule has 0 saturated heterocycles. The lowest BCUT2D eigenvalue weighted by molar-refractivity contribution is 0.0952. The van der Waals surface area contributed by atoms with Gasteiger partial charge in [0.05, 0.1) is 24.1 Å². The van der Waals surface area contributed by atoms with Crippen LogP contribution in [0, 0.1) is 0 Å². The van der Waals surface area contributed by atoms with E-state index in [-0.39, 0.29) is 18.4 Å². The van der Waals surface area contributed by atoms with Gasteiger partial charge in [-0.05, 0) is 29.2 Å². The van der Waals surface area contributed by atoms with Crippen molar-refractivity contribution in [3.8, 4) is 0 Å². The maximum atomic E-state index is 13.0. The highest BCUT2D eigenvalue weighted by Gasteiger charge is 2.23. The van der Waals surface area contributed by atoms with Gasteiger partial charge < -0.3 is 5.32 Å². The predicted molar refractivity (Wildman–Crippen MR) is 121 cm³/mol. The Bertz CT molecular complexity index is 1080. The van der Waals surface area contributed by atoms with E-state index in [1.54, 1.807) is 24.3 Å². The fourth-order valence-electron chi connectivity index (χ4n) is 3.25. The average molecular weight is 423 g/mol. The zero-order chi connectivity index (χ0) is 21.6. The lowest BCUT2D eigenvalue weighted by atomic mass is 10.0. The Morgan fingerprint density at radius 2 is 1.47 bits per heavy atom. The van der Waals surface area contributed by atoms with Crippen molar-refractivity contribution in [3.05, 3.63) is 102 Å². The fourth-order valence-corrected chi connectivity index (χ4v) is 4.15. The van der Waals surface area contributed by atoms with Crippen LogP contribution in [0.4, 0.5) is 5.69 Å². The molecule has 156 valence electrons. The summed E-state index contributed by atoms with van der Waals surface area (Å²) in [5.41, 5.74) is 2.68. The summed E-state index contributed by atoms with van der Waals surface area (Å²) >= 11 is 0. The summed E-state index contributed by atoms with van der Waals surface area (Å²) < 4.78 is 26.4. The highest BCUT2D eigenvalue weighted by Crippen LogP contribution is 2.25. The molecule has 5 nitrogen and oxygen atoms in total. The van der Waals surface area contributed by atoms with Gasteiger partial charge in [0.15, 0.2) is 0 Å². The van der Waals surface area contributed by atoms with Gasteiger partial charge in [0.25, 0.3) is 5.91 Å². The minimum atomic E-state index is -3.59. The molecule has 0 aliphatic carbocycles. The number of sulfonamides is 1. The van der Waals surface area contributed by atoms with Gasteiger partial charge in [0.2, 0.25) is 10.0 Å². The lowest BCUT2D eigenvalue weighted by Gasteiger charge is -2.25. The molecule has 6 heteroatoms. The van der Waals surface area contributed by atoms with Crippen LogP contribution >= 0.6 is 0 Å². The number of hydrogen-bond donors (Lipinski definition) is 1. The van der Waals surface area contributed by atoms with E-state index in [9.17, 15) is 13.2 Å². The normalized spacial score (nSPS) is 12.2. The van der Waals surface area contributed by atoms with Gasteiger partial charge in [-0.25, -0.2) is 8.42 Å². The fraction of sp³-hybridized carbons (Fsp3) is 0.208. The molecule has 0 radical (unpaired) electrons. The van der Waals surface area contributed by atoms with Gasteiger partial charge in [-0.1, -0.05) is 79.7 Å². The number of benzene rings is 3. The standard InChI is InChI=1S/C24H26N2O3S/c1-19(21-13-7-4-8-14-21)17-25-24(27)22-15-9-10-16-23(22)26(30(2,28)29)18-20-11-5-3-6-12-20/h3-16,19H,17-18H2,1-2H3,(H,25,27). The third-order valence-electron chi connectivity index (χ3n) is 4.92. The number of rotatable bonds is 8. The number of anilines is 1. The van der Waals surface area contributed by atoms with Crippen molar-refractivity contribution in [1.29, 1.82) is 0 Å². The molecule has 30 heavy (non-hydrogen) atoms. The quantitative estimate of drug-likeness (QED) is 0.592. The van der Waals surface area contributed by atoms with Gasteiger partial charge in [0.1, 0.15) is 0 Å². The molecule has 0 fully saturated rings. The van der Waals surface area contributed by atoms with E-state index in [4.69, 9.17) is 0 Å². The topological polar surface area (TPSA) is 66.5 Å². The van der Waals surface area contributed by atoms with Crippen LogP contribution < -0.4 is 9.62 Å². The predicted octanol–water partition coefficient (Wildman–Crippen LogP) is 4.19. The molecule has 1 atom stereocenters. The van der Waals surface area contributed by atoms with Crippen LogP contribution in [0.5, 0.6) is 0 Å². The molecular weight excluding hydrogens is 396 g/mol. The molecule has 3 rings (SSSR count). The average Bonchev–Trinajstić information content (AvgIpc) is 2.76. The summed E-state index contributed by atoms with van der Waals surface area (Å²) in [7, 11) is -3.59. The number of carbonyl (C=O) groups is 1. The number of hydrogen-bond acceptors (Lipinski definition) is 3. The summed E-state index contributed by atoms with van der Waals surface area (Å²) in [4.78, 5) is 13.0. The molecule has 1 unspecified atom stereocenters. The van der Waals surface area contributed by atoms with E-state index in [0.717, 1.165) is 17.4 Å². The van der Waals surface area contributed by atoms with Crippen LogP contribution in [0.2, 0.25) is 0 Å². The third-order valence-corrected chi connectivity index (χ3v) is 6.05. The summed E-state index contributed by atoms with van der Waals surface area (Å²) in [6, 6.07) is 26.1. The number of amides is 1. The molecule has 0 aromatic heterocycles. The Morgan fingerprint density at radius 1 is 0.900 bits per heavy atom. The minimum Gasteiger partial charge on any atom is -0.351 e. The van der Waals surface area contributed by atoms with Crippen molar-refractivity contribution in [3.63, 3.8) is 0 Å². The van der Waals surface area contributed by atoms with Gasteiger partial charge in [0, 0.05) is 6.54 Å². The zero-order valence-electron chi connectivity index (χ0n) is 17.2. The van der Waals surface area contributed by atoms with Gasteiger partial charge in [-0.3, -0.25) is 9.10 Å². The Kier molecular flexibility index (Phi) is 6.90. The van der Waals surface area contributed by atoms with Crippen LogP contribution in [0.25, 0.3) is 0 Å². The first-order valence-corrected chi connectivity index (χ1v) is 11.6. The Morgan fingerprint density at radius 3 is 2.10 bits per heavy atom. The minimum absolute atomic E-state index is 0.137. The van der Waals surface area contributed by atoms with Crippen LogP contribution in [-0.4, -0.2) is 27.1 Å². The molecule has 1 amide bonds. The largest absolute Gasteiger partial charge is 0.351 e. The molecular formula is C24H26N2O3S. The summed E-state index contributed by atoms with van der Waals surface area (Å²) in [5, 5.41) is 2.95. The lowest BCUT2D eigenvalue weighted by Crippen LogP contribution is -2.33. The van der Waals surface area contributed by atoms with Crippen molar-refractivity contribution >= 4 is 21.6 Å². The Hall–Kier alpha value is -3.12. The SMILES string of the molecule is CC(CNC(=O)c1ccccc1N(Cc1ccccc1)S(C)(=O)=O)c1ccccc1. The number of carbonyl (C=O) groups excluding carboxylic acids is 1. The number of nitrogens with zero attached hydrogens (tertiary/aromatic N) is 1. The van der Waals surface area contributed by atoms with E-state index in [1.807, 2.05) is 67.6 Å². The smallest absolute Gasteiger partial charge is 0.253 e. The van der Waals surface area contributed by atoms with Crippen LogP contribution in [-0.2, 0) is 16.6 Å². The van der Waals surface area contributed by atoms with Crippen molar-refractivity contribution in [1.82, 2.24) is 5.32 Å². The maximum Gasteiger partial charge on any atom is 0.253 e. The van der Waals surface area contributed by atoms with Crippen molar-refractivity contribution in [2.75, 3.05) is 17.1 Å². The van der Waals surface area contributed by atoms with Crippen molar-refractivity contribution in [2.45, 2.75) is 19.4 Å². The van der Waals surface area contributed by atoms with E-state index < -0.39 is 10.0 Å². The van der Waals surface area contributed by atoms with Crippen molar-refractivity contribution in [2.24, 2.45) is 0 Å². The molecule has 3 aromatic carbocycles. The maximum absolute atomic E-state index is 13.0.